The first-order valence-electron chi connectivity index (χ1n) is 8.35. The molecule has 0 saturated carbocycles. The molecule has 0 unspecified atom stereocenters. The van der Waals surface area contributed by atoms with Gasteiger partial charge in [0.2, 0.25) is 21.2 Å². The zero-order valence-corrected chi connectivity index (χ0v) is 17.5. The number of aromatic nitrogens is 2. The number of hydrogen-bond acceptors (Lipinski definition) is 5. The number of rotatable bonds is 5. The minimum atomic E-state index is -4.09. The van der Waals surface area contributed by atoms with Crippen LogP contribution in [0.3, 0.4) is 0 Å². The standard InChI is InChI=1S/C19H16Cl2N4O3S/c1-11-15(10-23-19(21)24-11)14-7-6-13(9-17(14)29(22,27)28)25-18(26)8-12-4-2-3-5-16(12)20/h2-7,9-10H,8H2,1H3,(H,25,26)(H2,22,27,28). The van der Waals surface area contributed by atoms with Crippen molar-refractivity contribution in [1.82, 2.24) is 9.97 Å². The van der Waals surface area contributed by atoms with E-state index in [0.29, 0.717) is 27.4 Å². The summed E-state index contributed by atoms with van der Waals surface area (Å²) in [4.78, 5) is 20.1. The number of carbonyl (C=O) groups is 1. The van der Waals surface area contributed by atoms with Crippen LogP contribution in [0.15, 0.2) is 53.6 Å². The zero-order valence-electron chi connectivity index (χ0n) is 15.2. The fourth-order valence-corrected chi connectivity index (χ4v) is 3.93. The molecule has 7 nitrogen and oxygen atoms in total. The van der Waals surface area contributed by atoms with Gasteiger partial charge in [-0.25, -0.2) is 23.5 Å². The van der Waals surface area contributed by atoms with Gasteiger partial charge < -0.3 is 5.32 Å². The van der Waals surface area contributed by atoms with Gasteiger partial charge in [0.1, 0.15) is 0 Å². The number of nitrogens with two attached hydrogens (primary N) is 1. The molecule has 150 valence electrons. The Kier molecular flexibility index (Phi) is 6.18. The summed E-state index contributed by atoms with van der Waals surface area (Å²) >= 11 is 11.8. The van der Waals surface area contributed by atoms with Crippen molar-refractivity contribution in [2.45, 2.75) is 18.2 Å². The van der Waals surface area contributed by atoms with E-state index >= 15 is 0 Å². The molecule has 0 saturated heterocycles. The highest BCUT2D eigenvalue weighted by atomic mass is 35.5. The molecule has 0 spiro atoms. The molecule has 1 aromatic heterocycles. The number of amides is 1. The SMILES string of the molecule is Cc1nc(Cl)ncc1-c1ccc(NC(=O)Cc2ccccc2Cl)cc1S(N)(=O)=O. The first-order valence-corrected chi connectivity index (χ1v) is 10.6. The average Bonchev–Trinajstić information content (AvgIpc) is 2.63. The molecular formula is C19H16Cl2N4O3S. The van der Waals surface area contributed by atoms with Crippen LogP contribution in [0.5, 0.6) is 0 Å². The third kappa shape index (κ3) is 5.10. The second kappa shape index (κ2) is 8.46. The van der Waals surface area contributed by atoms with Crippen molar-refractivity contribution < 1.29 is 13.2 Å². The Bertz CT molecular complexity index is 1200. The number of primary sulfonamides is 1. The van der Waals surface area contributed by atoms with Gasteiger partial charge >= 0.3 is 0 Å². The summed E-state index contributed by atoms with van der Waals surface area (Å²) in [6, 6.07) is 11.4. The average molecular weight is 451 g/mol. The lowest BCUT2D eigenvalue weighted by atomic mass is 10.1. The molecule has 0 aliphatic heterocycles. The number of carbonyl (C=O) groups excluding carboxylic acids is 1. The van der Waals surface area contributed by atoms with E-state index in [4.69, 9.17) is 28.3 Å². The largest absolute Gasteiger partial charge is 0.326 e. The first kappa shape index (κ1) is 21.2. The molecule has 0 bridgehead atoms. The van der Waals surface area contributed by atoms with Crippen molar-refractivity contribution in [1.29, 1.82) is 0 Å². The van der Waals surface area contributed by atoms with Crippen molar-refractivity contribution in [2.75, 3.05) is 5.32 Å². The van der Waals surface area contributed by atoms with Gasteiger partial charge in [-0.05, 0) is 42.3 Å². The molecular weight excluding hydrogens is 435 g/mol. The van der Waals surface area contributed by atoms with Gasteiger partial charge in [0, 0.05) is 28.0 Å². The number of halogens is 2. The summed E-state index contributed by atoms with van der Waals surface area (Å²) in [6.45, 7) is 1.68. The maximum Gasteiger partial charge on any atom is 0.238 e. The molecule has 0 aliphatic carbocycles. The van der Waals surface area contributed by atoms with Crippen LogP contribution < -0.4 is 10.5 Å². The van der Waals surface area contributed by atoms with Gasteiger partial charge in [0.25, 0.3) is 0 Å². The van der Waals surface area contributed by atoms with E-state index in [1.807, 2.05) is 0 Å². The third-order valence-electron chi connectivity index (χ3n) is 4.12. The molecule has 3 rings (SSSR count). The topological polar surface area (TPSA) is 115 Å². The number of sulfonamides is 1. The molecule has 1 heterocycles. The molecule has 0 fully saturated rings. The summed E-state index contributed by atoms with van der Waals surface area (Å²) in [6.07, 6.45) is 1.46. The Morgan fingerprint density at radius 2 is 1.86 bits per heavy atom. The Balaban J connectivity index is 1.94. The lowest BCUT2D eigenvalue weighted by molar-refractivity contribution is -0.115. The molecule has 2 aromatic carbocycles. The highest BCUT2D eigenvalue weighted by Crippen LogP contribution is 2.31. The minimum Gasteiger partial charge on any atom is -0.326 e. The van der Waals surface area contributed by atoms with Crippen molar-refractivity contribution in [2.24, 2.45) is 5.14 Å². The third-order valence-corrected chi connectivity index (χ3v) is 5.62. The van der Waals surface area contributed by atoms with Crippen LogP contribution in [0.1, 0.15) is 11.3 Å². The van der Waals surface area contributed by atoms with Crippen LogP contribution in [-0.2, 0) is 21.2 Å². The van der Waals surface area contributed by atoms with Crippen molar-refractivity contribution in [3.8, 4) is 11.1 Å². The van der Waals surface area contributed by atoms with E-state index in [0.717, 1.165) is 0 Å². The summed E-state index contributed by atoms with van der Waals surface area (Å²) < 4.78 is 24.3. The smallest absolute Gasteiger partial charge is 0.238 e. The van der Waals surface area contributed by atoms with E-state index in [-0.39, 0.29) is 28.2 Å². The highest BCUT2D eigenvalue weighted by molar-refractivity contribution is 7.89. The monoisotopic (exact) mass is 450 g/mol. The van der Waals surface area contributed by atoms with Crippen molar-refractivity contribution in [3.05, 3.63) is 70.2 Å². The zero-order chi connectivity index (χ0) is 21.2. The number of aryl methyl sites for hydroxylation is 1. The van der Waals surface area contributed by atoms with Gasteiger partial charge in [-0.2, -0.15) is 0 Å². The number of anilines is 1. The van der Waals surface area contributed by atoms with E-state index in [2.05, 4.69) is 15.3 Å². The summed E-state index contributed by atoms with van der Waals surface area (Å²) in [7, 11) is -4.09. The Hall–Kier alpha value is -2.52. The van der Waals surface area contributed by atoms with Crippen molar-refractivity contribution in [3.63, 3.8) is 0 Å². The minimum absolute atomic E-state index is 0.0380. The van der Waals surface area contributed by atoms with Crippen LogP contribution in [-0.4, -0.2) is 24.3 Å². The number of benzene rings is 2. The fourth-order valence-electron chi connectivity index (χ4n) is 2.78. The summed E-state index contributed by atoms with van der Waals surface area (Å²) in [5, 5.41) is 8.58. The molecule has 29 heavy (non-hydrogen) atoms. The van der Waals surface area contributed by atoms with Gasteiger partial charge in [-0.1, -0.05) is 35.9 Å². The lowest BCUT2D eigenvalue weighted by Gasteiger charge is -2.13. The van der Waals surface area contributed by atoms with Crippen molar-refractivity contribution >= 4 is 44.8 Å². The quantitative estimate of drug-likeness (QED) is 0.576. The van der Waals surface area contributed by atoms with E-state index in [9.17, 15) is 13.2 Å². The van der Waals surface area contributed by atoms with Crippen LogP contribution in [0.2, 0.25) is 10.3 Å². The van der Waals surface area contributed by atoms with E-state index in [1.54, 1.807) is 37.3 Å². The predicted octanol–water partition coefficient (Wildman–Crippen LogP) is 3.59. The number of nitrogens with zero attached hydrogens (tertiary/aromatic N) is 2. The molecule has 0 radical (unpaired) electrons. The Morgan fingerprint density at radius 1 is 1.14 bits per heavy atom. The Labute approximate surface area is 177 Å². The molecule has 3 aromatic rings. The molecule has 1 amide bonds. The second-order valence-corrected chi connectivity index (χ2v) is 8.49. The Morgan fingerprint density at radius 3 is 2.52 bits per heavy atom. The predicted molar refractivity (Wildman–Crippen MR) is 112 cm³/mol. The second-order valence-electron chi connectivity index (χ2n) is 6.21. The van der Waals surface area contributed by atoms with Gasteiger partial charge in [0.15, 0.2) is 0 Å². The first-order chi connectivity index (χ1) is 13.6. The van der Waals surface area contributed by atoms with E-state index < -0.39 is 10.0 Å². The summed E-state index contributed by atoms with van der Waals surface area (Å²) in [5.41, 5.74) is 2.20. The lowest BCUT2D eigenvalue weighted by Crippen LogP contribution is -2.17. The van der Waals surface area contributed by atoms with Crippen LogP contribution in [0.4, 0.5) is 5.69 Å². The van der Waals surface area contributed by atoms with Gasteiger partial charge in [-0.15, -0.1) is 0 Å². The van der Waals surface area contributed by atoms with Crippen LogP contribution >= 0.6 is 23.2 Å². The molecule has 10 heteroatoms. The van der Waals surface area contributed by atoms with E-state index in [1.165, 1.54) is 18.3 Å². The molecule has 0 atom stereocenters. The van der Waals surface area contributed by atoms with Crippen LogP contribution in [0, 0.1) is 6.92 Å². The maximum absolute atomic E-state index is 12.4. The summed E-state index contributed by atoms with van der Waals surface area (Å²) in [5.74, 6) is -0.350. The van der Waals surface area contributed by atoms with Gasteiger partial charge in [0.05, 0.1) is 17.0 Å². The number of nitrogens with one attached hydrogen (secondary N) is 1. The fraction of sp³-hybridized carbons (Fsp3) is 0.105. The van der Waals surface area contributed by atoms with Crippen LogP contribution in [0.25, 0.3) is 11.1 Å². The van der Waals surface area contributed by atoms with Gasteiger partial charge in [-0.3, -0.25) is 4.79 Å². The molecule has 0 aliphatic rings. The molecule has 3 N–H and O–H groups in total. The number of hydrogen-bond donors (Lipinski definition) is 2. The normalized spacial score (nSPS) is 11.3. The highest BCUT2D eigenvalue weighted by Gasteiger charge is 2.19. The maximum atomic E-state index is 12.4.